The maximum absolute atomic E-state index is 13.1. The van der Waals surface area contributed by atoms with Gasteiger partial charge in [-0.05, 0) is 93.9 Å². The number of allylic oxidation sites excluding steroid dienone is 2. The van der Waals surface area contributed by atoms with Crippen LogP contribution in [-0.2, 0) is 47.5 Å². The van der Waals surface area contributed by atoms with E-state index in [1.54, 1.807) is 39.8 Å². The van der Waals surface area contributed by atoms with E-state index in [1.807, 2.05) is 52.2 Å². The molecule has 3 fully saturated rings. The van der Waals surface area contributed by atoms with Crippen molar-refractivity contribution in [1.82, 2.24) is 9.80 Å². The van der Waals surface area contributed by atoms with E-state index < -0.39 is 110 Å². The van der Waals surface area contributed by atoms with E-state index >= 15 is 0 Å². The molecular weight excluding hydrogens is 768 g/mol. The Balaban J connectivity index is 1.66. The number of aliphatic hydroxyl groups excluding tert-OH is 3. The Morgan fingerprint density at radius 2 is 1.56 bits per heavy atom. The van der Waals surface area contributed by atoms with Gasteiger partial charge in [-0.2, -0.15) is 0 Å². The van der Waals surface area contributed by atoms with Crippen molar-refractivity contribution < 1.29 is 67.9 Å². The van der Waals surface area contributed by atoms with E-state index in [-0.39, 0.29) is 30.9 Å². The van der Waals surface area contributed by atoms with Crippen LogP contribution in [-0.4, -0.2) is 181 Å². The molecule has 4 heterocycles. The maximum Gasteiger partial charge on any atom is 0.308 e. The molecule has 340 valence electrons. The molecule has 0 aromatic carbocycles. The predicted octanol–water partition coefficient (Wildman–Crippen LogP) is 2.33. The van der Waals surface area contributed by atoms with Gasteiger partial charge in [0.1, 0.15) is 36.8 Å². The van der Waals surface area contributed by atoms with E-state index in [4.69, 9.17) is 37.9 Å². The van der Waals surface area contributed by atoms with E-state index in [0.29, 0.717) is 19.3 Å². The third-order valence-corrected chi connectivity index (χ3v) is 12.4. The molecule has 3 saturated heterocycles. The number of likely N-dealkylation sites (N-methyl/N-ethyl adjacent to an activating group) is 2. The van der Waals surface area contributed by atoms with Gasteiger partial charge in [0.15, 0.2) is 18.9 Å². The molecule has 59 heavy (non-hydrogen) atoms. The normalized spacial score (nSPS) is 44.7. The number of carbonyl (C=O) groups is 2. The molecular formula is C43H74N2O14. The second-order valence-electron chi connectivity index (χ2n) is 17.8. The summed E-state index contributed by atoms with van der Waals surface area (Å²) in [5.41, 5.74) is -1.47. The average molecular weight is 843 g/mol. The highest BCUT2D eigenvalue weighted by Gasteiger charge is 2.52. The molecule has 16 heteroatoms. The number of hydrogen-bond donors (Lipinski definition) is 4. The summed E-state index contributed by atoms with van der Waals surface area (Å²) in [6.45, 7) is 10.8. The van der Waals surface area contributed by atoms with Crippen molar-refractivity contribution in [2.45, 2.75) is 190 Å². The number of aldehydes is 1. The van der Waals surface area contributed by atoms with Crippen LogP contribution in [0.4, 0.5) is 0 Å². The number of nitrogens with zero attached hydrogens (tertiary/aromatic N) is 2. The summed E-state index contributed by atoms with van der Waals surface area (Å²) in [4.78, 5) is 29.5. The number of rotatable bonds is 11. The summed E-state index contributed by atoms with van der Waals surface area (Å²) in [5, 5.41) is 45.1. The van der Waals surface area contributed by atoms with Gasteiger partial charge in [-0.15, -0.1) is 0 Å². The van der Waals surface area contributed by atoms with E-state index in [2.05, 4.69) is 4.90 Å². The van der Waals surface area contributed by atoms with Crippen LogP contribution >= 0.6 is 0 Å². The van der Waals surface area contributed by atoms with Gasteiger partial charge in [0.05, 0.1) is 54.7 Å². The van der Waals surface area contributed by atoms with E-state index in [0.717, 1.165) is 12.7 Å². The fraction of sp³-hybridized carbons (Fsp3) is 0.860. The van der Waals surface area contributed by atoms with Crippen molar-refractivity contribution >= 4 is 12.3 Å². The number of methoxy groups -OCH3 is 1. The topological polar surface area (TPSA) is 195 Å². The highest BCUT2D eigenvalue weighted by Crippen LogP contribution is 2.37. The van der Waals surface area contributed by atoms with Gasteiger partial charge in [0.25, 0.3) is 0 Å². The lowest BCUT2D eigenvalue weighted by Crippen LogP contribution is -2.65. The second kappa shape index (κ2) is 22.5. The molecule has 19 atom stereocenters. The van der Waals surface area contributed by atoms with Gasteiger partial charge >= 0.3 is 5.97 Å². The standard InChI is InChI=1S/C43H74N2O14/c1-24-21-29(19-20-46)39(59-42-37(49)36(45(9)10)38(27(4)56-42)58-35-23-43(6,51)41(50)28(5)55-35)40(52-11)31(47)22-33(48)53-25(2)15-13-12-14-16-32(24)57-34-18-17-30(44(7)8)26(3)54-34/h12-14,16,20,24-32,34-42,47,49-51H,15,17-19,21-23H2,1-11H3/t24-,25-,26?,27?,28?,29+,30?,31-,32+,34?,35?,36?,37?,38?,39+,40+,41?,42?,43?/m1/s1. The summed E-state index contributed by atoms with van der Waals surface area (Å²) in [7, 11) is 9.03. The number of aliphatic hydroxyl groups is 4. The SMILES string of the molecule is CO[C@@H]1[C@@H](OC2OC(C)C(OC3CC(C)(O)C(O)C(C)O3)C(N(C)C)C2O)[C@@H](CC=O)C[C@@H](C)[C@@H](OC2CCC(N(C)C)C(C)O2)C=CC=CC[C@@H](C)OC(=O)C[C@H]1O. The van der Waals surface area contributed by atoms with Crippen LogP contribution in [0.25, 0.3) is 0 Å². The third kappa shape index (κ3) is 13.3. The van der Waals surface area contributed by atoms with Gasteiger partial charge in [-0.3, -0.25) is 4.79 Å². The van der Waals surface area contributed by atoms with Crippen LogP contribution in [0.5, 0.6) is 0 Å². The minimum absolute atomic E-state index is 0.00885. The van der Waals surface area contributed by atoms with Crippen LogP contribution in [0.15, 0.2) is 24.3 Å². The molecule has 4 aliphatic rings. The van der Waals surface area contributed by atoms with E-state index in [9.17, 15) is 30.0 Å². The Kier molecular flexibility index (Phi) is 18.9. The lowest BCUT2D eigenvalue weighted by molar-refractivity contribution is -0.344. The molecule has 0 saturated carbocycles. The van der Waals surface area contributed by atoms with Crippen molar-refractivity contribution in [1.29, 1.82) is 0 Å². The van der Waals surface area contributed by atoms with Crippen molar-refractivity contribution in [3.8, 4) is 0 Å². The average Bonchev–Trinajstić information content (AvgIpc) is 3.13. The molecule has 0 bridgehead atoms. The zero-order chi connectivity index (χ0) is 43.8. The van der Waals surface area contributed by atoms with Crippen molar-refractivity contribution in [3.05, 3.63) is 24.3 Å². The molecule has 0 amide bonds. The zero-order valence-corrected chi connectivity index (χ0v) is 37.0. The minimum atomic E-state index is -1.47. The summed E-state index contributed by atoms with van der Waals surface area (Å²) in [5.74, 6) is -1.47. The summed E-state index contributed by atoms with van der Waals surface area (Å²) in [6, 6.07) is -0.466. The number of carbonyl (C=O) groups excluding carboxylic acids is 2. The zero-order valence-electron chi connectivity index (χ0n) is 37.0. The predicted molar refractivity (Wildman–Crippen MR) is 217 cm³/mol. The van der Waals surface area contributed by atoms with Crippen LogP contribution in [0.1, 0.15) is 86.5 Å². The van der Waals surface area contributed by atoms with Crippen LogP contribution in [0, 0.1) is 11.8 Å². The quantitative estimate of drug-likeness (QED) is 0.175. The van der Waals surface area contributed by atoms with Gasteiger partial charge in [0, 0.05) is 32.4 Å². The summed E-state index contributed by atoms with van der Waals surface area (Å²) in [6.07, 6.45) is -1.56. The van der Waals surface area contributed by atoms with Crippen LogP contribution < -0.4 is 0 Å². The number of hydrogen-bond acceptors (Lipinski definition) is 16. The smallest absolute Gasteiger partial charge is 0.308 e. The second-order valence-corrected chi connectivity index (χ2v) is 17.8. The Morgan fingerprint density at radius 1 is 0.864 bits per heavy atom. The fourth-order valence-electron chi connectivity index (χ4n) is 9.10. The number of cyclic esters (lactones) is 1. The monoisotopic (exact) mass is 843 g/mol. The van der Waals surface area contributed by atoms with Crippen LogP contribution in [0.3, 0.4) is 0 Å². The summed E-state index contributed by atoms with van der Waals surface area (Å²) < 4.78 is 50.0. The first-order valence-electron chi connectivity index (χ1n) is 21.3. The number of esters is 1. The lowest BCUT2D eigenvalue weighted by atomic mass is 9.82. The summed E-state index contributed by atoms with van der Waals surface area (Å²) >= 11 is 0. The van der Waals surface area contributed by atoms with Crippen molar-refractivity contribution in [2.75, 3.05) is 35.3 Å². The van der Waals surface area contributed by atoms with Crippen molar-refractivity contribution in [3.63, 3.8) is 0 Å². The Hall–Kier alpha value is -1.90. The first-order chi connectivity index (χ1) is 27.8. The van der Waals surface area contributed by atoms with Gasteiger partial charge in [-0.1, -0.05) is 31.2 Å². The minimum Gasteiger partial charge on any atom is -0.462 e. The lowest BCUT2D eigenvalue weighted by Gasteiger charge is -2.50. The first kappa shape index (κ1) is 49.8. The maximum atomic E-state index is 13.1. The molecule has 0 radical (unpaired) electrons. The molecule has 0 spiro atoms. The highest BCUT2D eigenvalue weighted by molar-refractivity contribution is 5.70. The molecule has 0 aromatic rings. The Labute approximate surface area is 351 Å². The molecule has 4 N–H and O–H groups in total. The first-order valence-corrected chi connectivity index (χ1v) is 21.3. The molecule has 4 rings (SSSR count). The molecule has 4 aliphatic heterocycles. The van der Waals surface area contributed by atoms with Gasteiger partial charge in [0.2, 0.25) is 0 Å². The van der Waals surface area contributed by atoms with Gasteiger partial charge in [-0.25, -0.2) is 0 Å². The molecule has 0 aromatic heterocycles. The molecule has 0 aliphatic carbocycles. The molecule has 12 unspecified atom stereocenters. The Bertz CT molecular complexity index is 1370. The van der Waals surface area contributed by atoms with Crippen LogP contribution in [0.2, 0.25) is 0 Å². The number of ether oxygens (including phenoxy) is 8. The highest BCUT2D eigenvalue weighted by atomic mass is 16.7. The van der Waals surface area contributed by atoms with Crippen molar-refractivity contribution in [2.24, 2.45) is 11.8 Å². The largest absolute Gasteiger partial charge is 0.462 e. The fourth-order valence-corrected chi connectivity index (χ4v) is 9.10. The van der Waals surface area contributed by atoms with E-state index in [1.165, 1.54) is 14.0 Å². The Morgan fingerprint density at radius 3 is 2.17 bits per heavy atom. The molecule has 16 nitrogen and oxygen atoms in total. The third-order valence-electron chi connectivity index (χ3n) is 12.4. The van der Waals surface area contributed by atoms with Gasteiger partial charge < -0.3 is 72.9 Å².